The number of hydrogen-bond donors (Lipinski definition) is 1. The van der Waals surface area contributed by atoms with Crippen LogP contribution >= 0.6 is 0 Å². The van der Waals surface area contributed by atoms with Crippen molar-refractivity contribution in [2.75, 3.05) is 0 Å². The van der Waals surface area contributed by atoms with Crippen LogP contribution in [0.25, 0.3) is 0 Å². The van der Waals surface area contributed by atoms with E-state index in [1.165, 1.54) is 0 Å². The second-order valence-electron chi connectivity index (χ2n) is 4.92. The van der Waals surface area contributed by atoms with Gasteiger partial charge in [0.2, 0.25) is 0 Å². The molecule has 29 heavy (non-hydrogen) atoms. The highest BCUT2D eigenvalue weighted by Crippen LogP contribution is 2.63. The van der Waals surface area contributed by atoms with Crippen molar-refractivity contribution in [1.29, 1.82) is 0 Å². The highest BCUT2D eigenvalue weighted by atomic mass is 19.4. The molecule has 3 nitrogen and oxygen atoms in total. The molecule has 0 heterocycles. The van der Waals surface area contributed by atoms with Crippen LogP contribution in [0.4, 0.5) is 74.6 Å². The Labute approximate surface area is 145 Å². The van der Waals surface area contributed by atoms with Crippen LogP contribution in [0, 0.1) is 0 Å². The van der Waals surface area contributed by atoms with Gasteiger partial charge in [0.1, 0.15) is 0 Å². The smallest absolute Gasteiger partial charge is 0.369 e. The van der Waals surface area contributed by atoms with Crippen molar-refractivity contribution in [2.24, 2.45) is 5.90 Å². The molecule has 20 heteroatoms. The average Bonchev–Trinajstić information content (AvgIpc) is 2.51. The maximum atomic E-state index is 13.1. The molecule has 0 unspecified atom stereocenters. The molecular weight excluding hydrogens is 477 g/mol. The van der Waals surface area contributed by atoms with Gasteiger partial charge in [-0.05, 0) is 0 Å². The van der Waals surface area contributed by atoms with E-state index in [4.69, 9.17) is 0 Å². The molecule has 0 radical (unpaired) electrons. The van der Waals surface area contributed by atoms with E-state index in [2.05, 4.69) is 10.7 Å². The number of hydrogen-bond acceptors (Lipinski definition) is 3. The van der Waals surface area contributed by atoms with E-state index < -0.39 is 53.6 Å². The largest absolute Gasteiger partial charge is 0.460 e. The van der Waals surface area contributed by atoms with Crippen molar-refractivity contribution in [3.8, 4) is 0 Å². The monoisotopic (exact) mass is 479 g/mol. The minimum Gasteiger partial charge on any atom is -0.369 e. The van der Waals surface area contributed by atoms with Crippen LogP contribution in [0.15, 0.2) is 0 Å². The number of carbonyl (C=O) groups is 1. The third-order valence-corrected chi connectivity index (χ3v) is 3.09. The molecule has 0 aromatic carbocycles. The maximum absolute atomic E-state index is 13.1. The Bertz CT molecular complexity index is 635. The molecule has 2 N–H and O–H groups in total. The lowest BCUT2D eigenvalue weighted by molar-refractivity contribution is -0.460. The van der Waals surface area contributed by atoms with Gasteiger partial charge in [-0.2, -0.15) is 80.5 Å². The third-order valence-electron chi connectivity index (χ3n) is 3.09. The Morgan fingerprint density at radius 2 is 0.724 bits per heavy atom. The van der Waals surface area contributed by atoms with Gasteiger partial charge in [0.15, 0.2) is 0 Å². The fourth-order valence-corrected chi connectivity index (χ4v) is 1.37. The first-order valence-corrected chi connectivity index (χ1v) is 5.86. The van der Waals surface area contributed by atoms with Gasteiger partial charge in [-0.25, -0.2) is 4.79 Å². The molecule has 0 spiro atoms. The molecule has 0 bridgehead atoms. The molecule has 0 saturated carbocycles. The van der Waals surface area contributed by atoms with Gasteiger partial charge in [-0.1, -0.05) is 0 Å². The first-order valence-electron chi connectivity index (χ1n) is 5.86. The number of nitrogens with two attached hydrogens (primary N) is 1. The van der Waals surface area contributed by atoms with Crippen LogP contribution in [-0.4, -0.2) is 53.6 Å². The topological polar surface area (TPSA) is 52.3 Å². The Kier molecular flexibility index (Phi) is 6.22. The second kappa shape index (κ2) is 6.62. The number of rotatable bonds is 7. The van der Waals surface area contributed by atoms with Crippen LogP contribution in [0.1, 0.15) is 0 Å². The molecule has 0 atom stereocenters. The zero-order chi connectivity index (χ0) is 24.3. The van der Waals surface area contributed by atoms with Crippen LogP contribution in [-0.2, 0) is 9.63 Å². The molecule has 0 fully saturated rings. The highest BCUT2D eigenvalue weighted by molar-refractivity contribution is 5.79. The Morgan fingerprint density at radius 3 is 0.966 bits per heavy atom. The van der Waals surface area contributed by atoms with Crippen molar-refractivity contribution in [3.05, 3.63) is 0 Å². The second-order valence-corrected chi connectivity index (χ2v) is 4.92. The number of halogens is 17. The summed E-state index contributed by atoms with van der Waals surface area (Å²) in [6.45, 7) is 0. The zero-order valence-corrected chi connectivity index (χ0v) is 12.3. The van der Waals surface area contributed by atoms with Gasteiger partial charge >= 0.3 is 53.6 Å². The molecule has 0 aromatic rings. The van der Waals surface area contributed by atoms with Gasteiger partial charge in [-0.15, -0.1) is 0 Å². The molecular formula is C9H2F17NO2. The standard InChI is InChI=1S/C9H2F17NO2/c10-2(11,1(28)29-27)3(12,13)4(14,15)5(16,17)6(18,19)7(20,21)8(22,23)9(24,25)26/h27H2. The molecule has 0 aliphatic rings. The van der Waals surface area contributed by atoms with E-state index in [0.29, 0.717) is 0 Å². The van der Waals surface area contributed by atoms with E-state index in [-0.39, 0.29) is 0 Å². The van der Waals surface area contributed by atoms with Gasteiger partial charge in [0, 0.05) is 0 Å². The minimum absolute atomic E-state index is 2.31. The molecule has 174 valence electrons. The maximum Gasteiger partial charge on any atom is 0.460 e. The summed E-state index contributed by atoms with van der Waals surface area (Å²) in [5.41, 5.74) is 0. The van der Waals surface area contributed by atoms with Crippen LogP contribution in [0.5, 0.6) is 0 Å². The zero-order valence-electron chi connectivity index (χ0n) is 12.3. The Morgan fingerprint density at radius 1 is 0.483 bits per heavy atom. The normalized spacial score (nSPS) is 16.1. The molecule has 0 amide bonds. The summed E-state index contributed by atoms with van der Waals surface area (Å²) in [5.74, 6) is -58.8. The summed E-state index contributed by atoms with van der Waals surface area (Å²) < 4.78 is 216. The third kappa shape index (κ3) is 3.22. The van der Waals surface area contributed by atoms with Gasteiger partial charge in [0.05, 0.1) is 0 Å². The summed E-state index contributed by atoms with van der Waals surface area (Å²) in [4.78, 5) is 12.5. The lowest BCUT2D eigenvalue weighted by Crippen LogP contribution is -2.75. The lowest BCUT2D eigenvalue weighted by atomic mass is 9.89. The predicted molar refractivity (Wildman–Crippen MR) is 51.0 cm³/mol. The van der Waals surface area contributed by atoms with E-state index in [9.17, 15) is 79.4 Å². The minimum atomic E-state index is -8.76. The first kappa shape index (κ1) is 27.2. The van der Waals surface area contributed by atoms with Crippen LogP contribution < -0.4 is 5.90 Å². The fraction of sp³-hybridized carbons (Fsp3) is 0.889. The van der Waals surface area contributed by atoms with Gasteiger partial charge in [0.25, 0.3) is 0 Å². The highest BCUT2D eigenvalue weighted by Gasteiger charge is 2.95. The van der Waals surface area contributed by atoms with Crippen LogP contribution in [0.2, 0.25) is 0 Å². The van der Waals surface area contributed by atoms with Crippen LogP contribution in [0.3, 0.4) is 0 Å². The summed E-state index contributed by atoms with van der Waals surface area (Å²) in [6, 6.07) is 0. The average molecular weight is 479 g/mol. The molecule has 0 aromatic heterocycles. The van der Waals surface area contributed by atoms with E-state index >= 15 is 0 Å². The van der Waals surface area contributed by atoms with Crippen molar-refractivity contribution >= 4 is 5.97 Å². The van der Waals surface area contributed by atoms with E-state index in [1.807, 2.05) is 0 Å². The van der Waals surface area contributed by atoms with E-state index in [0.717, 1.165) is 0 Å². The molecule has 0 rings (SSSR count). The van der Waals surface area contributed by atoms with E-state index in [1.54, 1.807) is 0 Å². The Hall–Kier alpha value is -1.76. The molecule has 0 aliphatic heterocycles. The SMILES string of the molecule is NOC(=O)C(F)(F)C(F)(F)C(F)(F)C(F)(F)C(F)(F)C(F)(F)C(F)(F)C(F)(F)F. The van der Waals surface area contributed by atoms with Crippen molar-refractivity contribution in [2.45, 2.75) is 47.6 Å². The van der Waals surface area contributed by atoms with Crippen molar-refractivity contribution in [3.63, 3.8) is 0 Å². The molecule has 0 saturated heterocycles. The first-order chi connectivity index (χ1) is 12.2. The van der Waals surface area contributed by atoms with Gasteiger partial charge in [-0.3, -0.25) is 0 Å². The summed E-state index contributed by atoms with van der Waals surface area (Å²) in [7, 11) is 0. The summed E-state index contributed by atoms with van der Waals surface area (Å²) in [6.07, 6.45) is -7.83. The fourth-order valence-electron chi connectivity index (χ4n) is 1.37. The number of alkyl halides is 17. The predicted octanol–water partition coefficient (Wildman–Crippen LogP) is 4.41. The quantitative estimate of drug-likeness (QED) is 0.435. The lowest BCUT2D eigenvalue weighted by Gasteiger charge is -2.42. The van der Waals surface area contributed by atoms with Crippen molar-refractivity contribution in [1.82, 2.24) is 0 Å². The summed E-state index contributed by atoms with van der Waals surface area (Å²) in [5, 5.41) is 0. The Balaban J connectivity index is 6.77. The summed E-state index contributed by atoms with van der Waals surface area (Å²) >= 11 is 0. The van der Waals surface area contributed by atoms with Crippen molar-refractivity contribution < 1.29 is 84.3 Å². The molecule has 0 aliphatic carbocycles. The van der Waals surface area contributed by atoms with Gasteiger partial charge < -0.3 is 4.84 Å². The number of carbonyl (C=O) groups excluding carboxylic acids is 1.